The minimum absolute atomic E-state index is 0.201. The van der Waals surface area contributed by atoms with Crippen molar-refractivity contribution in [2.24, 2.45) is 7.05 Å². The fraction of sp³-hybridized carbons (Fsp3) is 0.294. The molecule has 0 radical (unpaired) electrons. The molecule has 0 N–H and O–H groups in total. The first-order valence-corrected chi connectivity index (χ1v) is 9.70. The topological polar surface area (TPSA) is 83.2 Å². The lowest BCUT2D eigenvalue weighted by atomic mass is 10.1. The molecule has 150 valence electrons. The monoisotopic (exact) mass is 433 g/mol. The molecule has 0 saturated heterocycles. The van der Waals surface area contributed by atoms with E-state index < -0.39 is 44.8 Å². The van der Waals surface area contributed by atoms with Crippen LogP contribution in [0.4, 0.5) is 13.2 Å². The van der Waals surface area contributed by atoms with Crippen LogP contribution in [-0.4, -0.2) is 30.0 Å². The molecule has 0 fully saturated rings. The van der Waals surface area contributed by atoms with E-state index in [4.69, 9.17) is 16.9 Å². The Morgan fingerprint density at radius 1 is 1.29 bits per heavy atom. The average Bonchev–Trinajstić information content (AvgIpc) is 2.61. The highest BCUT2D eigenvalue weighted by atomic mass is 35.5. The zero-order valence-electron chi connectivity index (χ0n) is 14.7. The molecule has 2 rings (SSSR count). The Kier molecular flexibility index (Phi) is 6.23. The molecule has 1 heterocycles. The predicted molar refractivity (Wildman–Crippen MR) is 96.2 cm³/mol. The number of hydrogen-bond donors (Lipinski definition) is 0. The quantitative estimate of drug-likeness (QED) is 0.724. The molecule has 11 heteroatoms. The lowest BCUT2D eigenvalue weighted by Crippen LogP contribution is -2.42. The number of alkyl halides is 3. The maximum atomic E-state index is 13.8. The SMILES string of the molecule is CCN([C@H](c1ccc(Cl)cc1)C(F)(F)F)S(=O)(=O)c1cc(C#N)c(=O)n(C)c1. The molecule has 0 unspecified atom stereocenters. The van der Waals surface area contributed by atoms with Crippen LogP contribution in [0.5, 0.6) is 0 Å². The Hall–Kier alpha value is -2.35. The molecular formula is C17H15ClF3N3O3S. The van der Waals surface area contributed by atoms with Gasteiger partial charge in [-0.1, -0.05) is 30.7 Å². The van der Waals surface area contributed by atoms with Gasteiger partial charge in [-0.3, -0.25) is 4.79 Å². The van der Waals surface area contributed by atoms with Gasteiger partial charge in [-0.2, -0.15) is 22.7 Å². The van der Waals surface area contributed by atoms with Gasteiger partial charge in [0.2, 0.25) is 10.0 Å². The van der Waals surface area contributed by atoms with Gasteiger partial charge in [0.25, 0.3) is 5.56 Å². The highest BCUT2D eigenvalue weighted by Gasteiger charge is 2.48. The molecule has 0 aliphatic carbocycles. The van der Waals surface area contributed by atoms with Gasteiger partial charge in [0.15, 0.2) is 0 Å². The maximum absolute atomic E-state index is 13.8. The highest BCUT2D eigenvalue weighted by Crippen LogP contribution is 2.40. The van der Waals surface area contributed by atoms with Crippen molar-refractivity contribution in [2.75, 3.05) is 6.54 Å². The predicted octanol–water partition coefficient (Wildman–Crippen LogP) is 3.22. The number of halogens is 4. The van der Waals surface area contributed by atoms with Crippen molar-refractivity contribution in [1.29, 1.82) is 5.26 Å². The van der Waals surface area contributed by atoms with Crippen molar-refractivity contribution in [3.8, 4) is 6.07 Å². The molecule has 1 aromatic carbocycles. The molecule has 0 bridgehead atoms. The lowest BCUT2D eigenvalue weighted by molar-refractivity contribution is -0.173. The molecular weight excluding hydrogens is 419 g/mol. The van der Waals surface area contributed by atoms with Crippen LogP contribution in [0.3, 0.4) is 0 Å². The Morgan fingerprint density at radius 3 is 2.32 bits per heavy atom. The first kappa shape index (κ1) is 21.9. The fourth-order valence-corrected chi connectivity index (χ4v) is 4.51. The van der Waals surface area contributed by atoms with Gasteiger partial charge in [0, 0.05) is 24.8 Å². The summed E-state index contributed by atoms with van der Waals surface area (Å²) in [6.07, 6.45) is -4.04. The Balaban J connectivity index is 2.69. The number of nitrogens with zero attached hydrogens (tertiary/aromatic N) is 3. The van der Waals surface area contributed by atoms with E-state index in [0.29, 0.717) is 0 Å². The molecule has 2 aromatic rings. The number of nitriles is 1. The molecule has 1 atom stereocenters. The number of hydrogen-bond acceptors (Lipinski definition) is 4. The van der Waals surface area contributed by atoms with Gasteiger partial charge in [0.1, 0.15) is 22.6 Å². The number of rotatable bonds is 5. The summed E-state index contributed by atoms with van der Waals surface area (Å²) in [6.45, 7) is 0.763. The van der Waals surface area contributed by atoms with Crippen LogP contribution in [0.25, 0.3) is 0 Å². The van der Waals surface area contributed by atoms with E-state index >= 15 is 0 Å². The van der Waals surface area contributed by atoms with Crippen molar-refractivity contribution >= 4 is 21.6 Å². The summed E-state index contributed by atoms with van der Waals surface area (Å²) in [4.78, 5) is 11.2. The number of pyridine rings is 1. The Bertz CT molecular complexity index is 1070. The van der Waals surface area contributed by atoms with Gasteiger partial charge >= 0.3 is 6.18 Å². The zero-order chi connectivity index (χ0) is 21.3. The molecule has 28 heavy (non-hydrogen) atoms. The third-order valence-electron chi connectivity index (χ3n) is 3.98. The maximum Gasteiger partial charge on any atom is 0.409 e. The largest absolute Gasteiger partial charge is 0.409 e. The molecule has 0 aliphatic rings. The fourth-order valence-electron chi connectivity index (χ4n) is 2.69. The first-order chi connectivity index (χ1) is 12.9. The van der Waals surface area contributed by atoms with Crippen LogP contribution in [0.15, 0.2) is 46.2 Å². The van der Waals surface area contributed by atoms with Crippen LogP contribution in [0, 0.1) is 11.3 Å². The third kappa shape index (κ3) is 4.22. The minimum atomic E-state index is -4.92. The third-order valence-corrected chi connectivity index (χ3v) is 6.14. The van der Waals surface area contributed by atoms with Crippen molar-refractivity contribution in [1.82, 2.24) is 8.87 Å². The lowest BCUT2D eigenvalue weighted by Gasteiger charge is -2.32. The van der Waals surface area contributed by atoms with Crippen molar-refractivity contribution in [3.63, 3.8) is 0 Å². The van der Waals surface area contributed by atoms with Crippen LogP contribution >= 0.6 is 11.6 Å². The van der Waals surface area contributed by atoms with Crippen molar-refractivity contribution in [3.05, 3.63) is 63.0 Å². The van der Waals surface area contributed by atoms with Crippen molar-refractivity contribution < 1.29 is 21.6 Å². The van der Waals surface area contributed by atoms with Gasteiger partial charge in [-0.25, -0.2) is 8.42 Å². The summed E-state index contributed by atoms with van der Waals surface area (Å²) in [7, 11) is -3.49. The van der Waals surface area contributed by atoms with E-state index in [0.717, 1.165) is 29.0 Å². The van der Waals surface area contributed by atoms with Gasteiger partial charge in [-0.15, -0.1) is 0 Å². The summed E-state index contributed by atoms with van der Waals surface area (Å²) >= 11 is 5.72. The normalized spacial score (nSPS) is 13.4. The van der Waals surface area contributed by atoms with Crippen LogP contribution in [-0.2, 0) is 17.1 Å². The van der Waals surface area contributed by atoms with Gasteiger partial charge in [0.05, 0.1) is 0 Å². The Labute approximate surface area is 164 Å². The van der Waals surface area contributed by atoms with E-state index in [1.54, 1.807) is 6.07 Å². The molecule has 0 saturated carbocycles. The van der Waals surface area contributed by atoms with Crippen LogP contribution in [0.1, 0.15) is 24.1 Å². The molecule has 6 nitrogen and oxygen atoms in total. The smallest absolute Gasteiger partial charge is 0.316 e. The molecule has 0 amide bonds. The number of sulfonamides is 1. The second-order valence-corrected chi connectivity index (χ2v) is 8.15. The van der Waals surface area contributed by atoms with E-state index in [2.05, 4.69) is 0 Å². The second kappa shape index (κ2) is 7.95. The van der Waals surface area contributed by atoms with Crippen LogP contribution in [0.2, 0.25) is 5.02 Å². The highest BCUT2D eigenvalue weighted by molar-refractivity contribution is 7.89. The summed E-state index contributed by atoms with van der Waals surface area (Å²) in [5, 5.41) is 9.21. The second-order valence-electron chi connectivity index (χ2n) is 5.82. The number of benzene rings is 1. The van der Waals surface area contributed by atoms with Gasteiger partial charge < -0.3 is 4.57 Å². The zero-order valence-corrected chi connectivity index (χ0v) is 16.3. The molecule has 0 spiro atoms. The van der Waals surface area contributed by atoms with E-state index in [1.165, 1.54) is 26.1 Å². The van der Waals surface area contributed by atoms with Crippen molar-refractivity contribution in [2.45, 2.75) is 24.0 Å². The van der Waals surface area contributed by atoms with Gasteiger partial charge in [-0.05, 0) is 23.8 Å². The molecule has 0 aliphatic heterocycles. The minimum Gasteiger partial charge on any atom is -0.316 e. The summed E-state index contributed by atoms with van der Waals surface area (Å²) in [6, 6.07) is 4.51. The Morgan fingerprint density at radius 2 is 1.86 bits per heavy atom. The average molecular weight is 434 g/mol. The van der Waals surface area contributed by atoms with Crippen LogP contribution < -0.4 is 5.56 Å². The first-order valence-electron chi connectivity index (χ1n) is 7.88. The van der Waals surface area contributed by atoms with E-state index in [9.17, 15) is 26.4 Å². The van der Waals surface area contributed by atoms with E-state index in [-0.39, 0.29) is 14.9 Å². The number of aryl methyl sites for hydroxylation is 1. The number of aromatic nitrogens is 1. The standard InChI is InChI=1S/C17H15ClF3N3O3S/c1-3-24(15(17(19,20)21)11-4-6-13(18)7-5-11)28(26,27)14-8-12(9-22)16(25)23(2)10-14/h4-8,10,15H,3H2,1-2H3/t15-/m1/s1. The summed E-state index contributed by atoms with van der Waals surface area (Å²) in [5.74, 6) is 0. The van der Waals surface area contributed by atoms with E-state index in [1.807, 2.05) is 0 Å². The summed E-state index contributed by atoms with van der Waals surface area (Å²) in [5.41, 5.74) is -1.56. The molecule has 1 aromatic heterocycles. The summed E-state index contributed by atoms with van der Waals surface area (Å²) < 4.78 is 68.6.